The maximum Gasteiger partial charge on any atom is 0.0553 e. The van der Waals surface area contributed by atoms with Gasteiger partial charge in [0, 0.05) is 33.5 Å². The molecule has 2 heteroatoms. The molecule has 2 nitrogen and oxygen atoms in total. The van der Waals surface area contributed by atoms with Gasteiger partial charge in [-0.05, 0) is 104 Å². The van der Waals surface area contributed by atoms with Gasteiger partial charge in [-0.2, -0.15) is 0 Å². The average molecular weight is 663 g/mol. The summed E-state index contributed by atoms with van der Waals surface area (Å²) in [6, 6.07) is 74.7. The Balaban J connectivity index is 1.24. The number of anilines is 3. The van der Waals surface area contributed by atoms with E-state index in [1.165, 1.54) is 65.6 Å². The molecule has 0 radical (unpaired) electrons. The zero-order valence-corrected chi connectivity index (χ0v) is 28.5. The Morgan fingerprint density at radius 2 is 0.904 bits per heavy atom. The largest absolute Gasteiger partial charge is 0.310 e. The lowest BCUT2D eigenvalue weighted by Crippen LogP contribution is -2.10. The van der Waals surface area contributed by atoms with Crippen molar-refractivity contribution < 1.29 is 0 Å². The Morgan fingerprint density at radius 3 is 1.69 bits per heavy atom. The van der Waals surface area contributed by atoms with Crippen molar-refractivity contribution in [3.63, 3.8) is 0 Å². The predicted octanol–water partition coefficient (Wildman–Crippen LogP) is 13.9. The number of benzene rings is 9. The number of para-hydroxylation sites is 2. The third kappa shape index (κ3) is 5.04. The lowest BCUT2D eigenvalue weighted by atomic mass is 9.92. The van der Waals surface area contributed by atoms with Crippen molar-refractivity contribution >= 4 is 60.4 Å². The quantitative estimate of drug-likeness (QED) is 0.172. The monoisotopic (exact) mass is 662 g/mol. The van der Waals surface area contributed by atoms with Crippen LogP contribution in [-0.2, 0) is 0 Å². The van der Waals surface area contributed by atoms with Gasteiger partial charge in [0.15, 0.2) is 0 Å². The maximum absolute atomic E-state index is 2.42. The molecule has 0 N–H and O–H groups in total. The first-order valence-corrected chi connectivity index (χ1v) is 17.9. The molecular formula is C50H34N2. The third-order valence-electron chi connectivity index (χ3n) is 10.3. The molecule has 1 aromatic heterocycles. The van der Waals surface area contributed by atoms with Gasteiger partial charge in [-0.15, -0.1) is 0 Å². The van der Waals surface area contributed by atoms with E-state index in [2.05, 4.69) is 216 Å². The second-order valence-corrected chi connectivity index (χ2v) is 13.4. The summed E-state index contributed by atoms with van der Waals surface area (Å²) in [6.45, 7) is 0. The van der Waals surface area contributed by atoms with Crippen LogP contribution >= 0.6 is 0 Å². The van der Waals surface area contributed by atoms with Crippen LogP contribution in [0.1, 0.15) is 0 Å². The summed E-state index contributed by atoms with van der Waals surface area (Å²) in [7, 11) is 0. The summed E-state index contributed by atoms with van der Waals surface area (Å²) < 4.78 is 2.42. The SMILES string of the molecule is c1ccc(-c2cccc(N(c3cccc(-c4c5ccccc5cc5c4c4ccccc4n5-c4ccccc4)c3)c3ccc4ccccc4c3)c2)cc1. The second kappa shape index (κ2) is 12.5. The van der Waals surface area contributed by atoms with E-state index in [-0.39, 0.29) is 0 Å². The molecule has 52 heavy (non-hydrogen) atoms. The molecule has 244 valence electrons. The molecule has 0 unspecified atom stereocenters. The van der Waals surface area contributed by atoms with Crippen LogP contribution in [0.5, 0.6) is 0 Å². The van der Waals surface area contributed by atoms with Crippen LogP contribution in [-0.4, -0.2) is 4.57 Å². The van der Waals surface area contributed by atoms with Crippen molar-refractivity contribution in [3.8, 4) is 27.9 Å². The Morgan fingerprint density at radius 1 is 0.327 bits per heavy atom. The van der Waals surface area contributed by atoms with E-state index < -0.39 is 0 Å². The molecule has 10 rings (SSSR count). The van der Waals surface area contributed by atoms with Crippen molar-refractivity contribution in [2.45, 2.75) is 0 Å². The van der Waals surface area contributed by atoms with E-state index in [9.17, 15) is 0 Å². The Kier molecular flexibility index (Phi) is 7.18. The molecular weight excluding hydrogens is 629 g/mol. The van der Waals surface area contributed by atoms with Crippen LogP contribution < -0.4 is 4.90 Å². The molecule has 0 aliphatic heterocycles. The average Bonchev–Trinajstić information content (AvgIpc) is 3.54. The highest BCUT2D eigenvalue weighted by atomic mass is 15.1. The van der Waals surface area contributed by atoms with Crippen LogP contribution in [0.2, 0.25) is 0 Å². The van der Waals surface area contributed by atoms with E-state index in [0.29, 0.717) is 0 Å². The van der Waals surface area contributed by atoms with Crippen LogP contribution in [0.15, 0.2) is 206 Å². The summed E-state index contributed by atoms with van der Waals surface area (Å²) in [4.78, 5) is 2.40. The van der Waals surface area contributed by atoms with Gasteiger partial charge in [0.2, 0.25) is 0 Å². The molecule has 0 bridgehead atoms. The van der Waals surface area contributed by atoms with Gasteiger partial charge in [-0.3, -0.25) is 0 Å². The number of fused-ring (bicyclic) bond motifs is 5. The zero-order chi connectivity index (χ0) is 34.4. The van der Waals surface area contributed by atoms with Crippen LogP contribution in [0, 0.1) is 0 Å². The number of rotatable bonds is 6. The third-order valence-corrected chi connectivity index (χ3v) is 10.3. The fourth-order valence-corrected chi connectivity index (χ4v) is 7.97. The molecule has 10 aromatic rings. The molecule has 0 aliphatic carbocycles. The van der Waals surface area contributed by atoms with Crippen molar-refractivity contribution in [2.24, 2.45) is 0 Å². The minimum Gasteiger partial charge on any atom is -0.310 e. The van der Waals surface area contributed by atoms with Crippen molar-refractivity contribution in [1.82, 2.24) is 4.57 Å². The first-order chi connectivity index (χ1) is 25.8. The summed E-state index contributed by atoms with van der Waals surface area (Å²) in [5.41, 5.74) is 11.7. The number of hydrogen-bond donors (Lipinski definition) is 0. The first-order valence-electron chi connectivity index (χ1n) is 17.9. The van der Waals surface area contributed by atoms with Crippen molar-refractivity contribution in [1.29, 1.82) is 0 Å². The van der Waals surface area contributed by atoms with E-state index in [1.807, 2.05) is 0 Å². The van der Waals surface area contributed by atoms with Crippen molar-refractivity contribution in [3.05, 3.63) is 206 Å². The number of aromatic nitrogens is 1. The first kappa shape index (κ1) is 30.0. The summed E-state index contributed by atoms with van der Waals surface area (Å²) in [5.74, 6) is 0. The molecule has 0 aliphatic rings. The Bertz CT molecular complexity index is 2900. The highest BCUT2D eigenvalue weighted by Gasteiger charge is 2.21. The lowest BCUT2D eigenvalue weighted by Gasteiger charge is -2.27. The van der Waals surface area contributed by atoms with Gasteiger partial charge < -0.3 is 9.47 Å². The van der Waals surface area contributed by atoms with E-state index >= 15 is 0 Å². The van der Waals surface area contributed by atoms with Crippen LogP contribution in [0.3, 0.4) is 0 Å². The smallest absolute Gasteiger partial charge is 0.0553 e. The molecule has 0 fully saturated rings. The molecule has 0 amide bonds. The fourth-order valence-electron chi connectivity index (χ4n) is 7.97. The standard InChI is InChI=1S/C50H34N2/c1-3-15-35(16-4-1)38-20-13-24-42(31-38)51(44-30-29-36-17-7-8-18-37(36)32-44)43-25-14-21-40(33-43)49-45-26-10-9-19-39(45)34-48-50(49)46-27-11-12-28-47(46)52(48)41-22-5-2-6-23-41/h1-34H. The van der Waals surface area contributed by atoms with Crippen LogP contribution in [0.25, 0.3) is 71.3 Å². The number of nitrogens with zero attached hydrogens (tertiary/aromatic N) is 2. The van der Waals surface area contributed by atoms with Gasteiger partial charge in [0.05, 0.1) is 11.0 Å². The Hall–Kier alpha value is -6.90. The minimum absolute atomic E-state index is 1.10. The highest BCUT2D eigenvalue weighted by molar-refractivity contribution is 6.23. The molecule has 0 saturated carbocycles. The molecule has 9 aromatic carbocycles. The summed E-state index contributed by atoms with van der Waals surface area (Å²) in [5, 5.41) is 7.41. The minimum atomic E-state index is 1.10. The molecule has 0 saturated heterocycles. The predicted molar refractivity (Wildman–Crippen MR) is 221 cm³/mol. The van der Waals surface area contributed by atoms with Gasteiger partial charge >= 0.3 is 0 Å². The summed E-state index contributed by atoms with van der Waals surface area (Å²) >= 11 is 0. The van der Waals surface area contributed by atoms with E-state index in [4.69, 9.17) is 0 Å². The van der Waals surface area contributed by atoms with Crippen molar-refractivity contribution in [2.75, 3.05) is 4.90 Å². The maximum atomic E-state index is 2.42. The second-order valence-electron chi connectivity index (χ2n) is 13.4. The molecule has 0 atom stereocenters. The lowest BCUT2D eigenvalue weighted by molar-refractivity contribution is 1.18. The molecule has 1 heterocycles. The molecule has 0 spiro atoms. The topological polar surface area (TPSA) is 8.17 Å². The van der Waals surface area contributed by atoms with Gasteiger partial charge in [-0.1, -0.05) is 146 Å². The summed E-state index contributed by atoms with van der Waals surface area (Å²) in [6.07, 6.45) is 0. The van der Waals surface area contributed by atoms with Gasteiger partial charge in [0.25, 0.3) is 0 Å². The van der Waals surface area contributed by atoms with E-state index in [1.54, 1.807) is 0 Å². The van der Waals surface area contributed by atoms with Gasteiger partial charge in [0.1, 0.15) is 0 Å². The van der Waals surface area contributed by atoms with E-state index in [0.717, 1.165) is 22.7 Å². The normalized spacial score (nSPS) is 11.5. The Labute approximate surface area is 303 Å². The fraction of sp³-hybridized carbons (Fsp3) is 0. The number of hydrogen-bond acceptors (Lipinski definition) is 1. The van der Waals surface area contributed by atoms with Gasteiger partial charge in [-0.25, -0.2) is 0 Å². The highest BCUT2D eigenvalue weighted by Crippen LogP contribution is 2.45. The zero-order valence-electron chi connectivity index (χ0n) is 28.5. The van der Waals surface area contributed by atoms with Crippen LogP contribution in [0.4, 0.5) is 17.1 Å².